The number of carbonyl (C=O) groups is 2. The maximum atomic E-state index is 11.2. The first-order valence-electron chi connectivity index (χ1n) is 7.17. The third-order valence-corrected chi connectivity index (χ3v) is 3.71. The van der Waals surface area contributed by atoms with Crippen molar-refractivity contribution in [3.05, 3.63) is 12.2 Å². The largest absolute Gasteiger partial charge is 0.368 e. The van der Waals surface area contributed by atoms with E-state index in [4.69, 9.17) is 17.2 Å². The summed E-state index contributed by atoms with van der Waals surface area (Å²) in [5.74, 6) is -0.927. The third kappa shape index (κ3) is 7.04. The van der Waals surface area contributed by atoms with Gasteiger partial charge in [0.15, 0.2) is 0 Å². The van der Waals surface area contributed by atoms with Crippen LogP contribution in [0.15, 0.2) is 17.1 Å². The lowest BCUT2D eigenvalue weighted by atomic mass is 9.94. The van der Waals surface area contributed by atoms with Gasteiger partial charge in [0, 0.05) is 0 Å². The van der Waals surface area contributed by atoms with Crippen LogP contribution in [0.4, 0.5) is 0 Å². The van der Waals surface area contributed by atoms with Crippen LogP contribution in [-0.4, -0.2) is 29.6 Å². The lowest BCUT2D eigenvalue weighted by Gasteiger charge is -2.20. The SMILES string of the molecule is C=N[C@@](C)(CCC/C=C/CCC[C@](C)(N)C(N)=O)C(N)=O. The molecule has 0 rings (SSSR count). The van der Waals surface area contributed by atoms with E-state index in [2.05, 4.69) is 11.7 Å². The molecule has 0 radical (unpaired) electrons. The molecule has 0 aromatic heterocycles. The molecule has 0 saturated carbocycles. The Kier molecular flexibility index (Phi) is 7.88. The van der Waals surface area contributed by atoms with Crippen LogP contribution in [0, 0.1) is 0 Å². The van der Waals surface area contributed by atoms with E-state index >= 15 is 0 Å². The van der Waals surface area contributed by atoms with Gasteiger partial charge in [-0.15, -0.1) is 0 Å². The summed E-state index contributed by atoms with van der Waals surface area (Å²) in [5.41, 5.74) is 14.4. The van der Waals surface area contributed by atoms with Crippen molar-refractivity contribution in [2.75, 3.05) is 0 Å². The molecule has 0 aliphatic carbocycles. The van der Waals surface area contributed by atoms with E-state index in [0.29, 0.717) is 12.8 Å². The average molecular weight is 296 g/mol. The molecule has 0 saturated heterocycles. The van der Waals surface area contributed by atoms with E-state index in [1.165, 1.54) is 0 Å². The first-order valence-corrected chi connectivity index (χ1v) is 7.17. The number of amides is 2. The molecule has 6 nitrogen and oxygen atoms in total. The standard InChI is InChI=1S/C15H28N4O2/c1-14(18,12(16)20)10-8-6-4-5-7-9-11-15(2,19-3)13(17)21/h4-5H,3,6-11,18H2,1-2H3,(H2,16,20)(H2,17,21)/b5-4+/t14-,15-/m0/s1. The fourth-order valence-electron chi connectivity index (χ4n) is 1.79. The second kappa shape index (κ2) is 8.56. The van der Waals surface area contributed by atoms with Crippen LogP contribution in [0.1, 0.15) is 52.4 Å². The Morgan fingerprint density at radius 3 is 1.90 bits per heavy atom. The lowest BCUT2D eigenvalue weighted by Crippen LogP contribution is -2.49. The molecule has 0 aromatic carbocycles. The van der Waals surface area contributed by atoms with E-state index in [-0.39, 0.29) is 0 Å². The monoisotopic (exact) mass is 296 g/mol. The van der Waals surface area contributed by atoms with Gasteiger partial charge in [0.1, 0.15) is 5.54 Å². The fraction of sp³-hybridized carbons (Fsp3) is 0.667. The van der Waals surface area contributed by atoms with Crippen molar-refractivity contribution in [2.45, 2.75) is 63.5 Å². The molecule has 21 heavy (non-hydrogen) atoms. The maximum absolute atomic E-state index is 11.2. The molecule has 6 N–H and O–H groups in total. The fourth-order valence-corrected chi connectivity index (χ4v) is 1.79. The van der Waals surface area contributed by atoms with E-state index in [0.717, 1.165) is 25.7 Å². The molecule has 6 heteroatoms. The van der Waals surface area contributed by atoms with Gasteiger partial charge in [-0.05, 0) is 59.1 Å². The number of rotatable bonds is 11. The number of primary amides is 2. The first-order chi connectivity index (χ1) is 9.65. The second-order valence-corrected chi connectivity index (χ2v) is 5.83. The third-order valence-electron chi connectivity index (χ3n) is 3.71. The summed E-state index contributed by atoms with van der Waals surface area (Å²) in [6, 6.07) is 0. The zero-order valence-electron chi connectivity index (χ0n) is 13.1. The molecular weight excluding hydrogens is 268 g/mol. The molecule has 0 aliphatic rings. The van der Waals surface area contributed by atoms with Gasteiger partial charge in [0.05, 0.1) is 5.54 Å². The zero-order valence-corrected chi connectivity index (χ0v) is 13.1. The molecule has 0 bridgehead atoms. The summed E-state index contributed by atoms with van der Waals surface area (Å²) in [7, 11) is 0. The van der Waals surface area contributed by atoms with Crippen LogP contribution in [-0.2, 0) is 9.59 Å². The summed E-state index contributed by atoms with van der Waals surface area (Å²) in [6.07, 6.45) is 8.53. The van der Waals surface area contributed by atoms with Gasteiger partial charge in [-0.2, -0.15) is 0 Å². The van der Waals surface area contributed by atoms with E-state index in [1.54, 1.807) is 13.8 Å². The Morgan fingerprint density at radius 1 is 1.05 bits per heavy atom. The van der Waals surface area contributed by atoms with Crippen molar-refractivity contribution in [3.63, 3.8) is 0 Å². The number of aliphatic imine (C=N–C) groups is 1. The quantitative estimate of drug-likeness (QED) is 0.299. The van der Waals surface area contributed by atoms with Gasteiger partial charge >= 0.3 is 0 Å². The van der Waals surface area contributed by atoms with Gasteiger partial charge in [-0.1, -0.05) is 12.2 Å². The predicted octanol–water partition coefficient (Wildman–Crippen LogP) is 1.03. The highest BCUT2D eigenvalue weighted by Gasteiger charge is 2.28. The van der Waals surface area contributed by atoms with Crippen LogP contribution in [0.25, 0.3) is 0 Å². The molecule has 120 valence electrons. The Balaban J connectivity index is 3.88. The van der Waals surface area contributed by atoms with Crippen molar-refractivity contribution in [1.29, 1.82) is 0 Å². The number of allylic oxidation sites excluding steroid dienone is 2. The highest BCUT2D eigenvalue weighted by molar-refractivity contribution is 5.85. The lowest BCUT2D eigenvalue weighted by molar-refractivity contribution is -0.123. The van der Waals surface area contributed by atoms with Crippen molar-refractivity contribution in [2.24, 2.45) is 22.2 Å². The predicted molar refractivity (Wildman–Crippen MR) is 85.8 cm³/mol. The zero-order chi connectivity index (χ0) is 16.5. The van der Waals surface area contributed by atoms with E-state index < -0.39 is 22.9 Å². The summed E-state index contributed by atoms with van der Waals surface area (Å²) in [6.45, 7) is 6.75. The highest BCUT2D eigenvalue weighted by Crippen LogP contribution is 2.18. The second-order valence-electron chi connectivity index (χ2n) is 5.83. The summed E-state index contributed by atoms with van der Waals surface area (Å²) < 4.78 is 0. The molecular formula is C15H28N4O2. The molecule has 0 aliphatic heterocycles. The molecule has 0 aromatic rings. The number of nitrogens with zero attached hydrogens (tertiary/aromatic N) is 1. The minimum Gasteiger partial charge on any atom is -0.368 e. The highest BCUT2D eigenvalue weighted by atomic mass is 16.2. The molecule has 0 heterocycles. The summed E-state index contributed by atoms with van der Waals surface area (Å²) >= 11 is 0. The Labute approximate surface area is 126 Å². The van der Waals surface area contributed by atoms with Crippen molar-refractivity contribution in [1.82, 2.24) is 0 Å². The maximum Gasteiger partial charge on any atom is 0.245 e. The van der Waals surface area contributed by atoms with Gasteiger partial charge < -0.3 is 17.2 Å². The first kappa shape index (κ1) is 19.3. The number of unbranched alkanes of at least 4 members (excludes halogenated alkanes) is 2. The average Bonchev–Trinajstić information content (AvgIpc) is 2.40. The van der Waals surface area contributed by atoms with Crippen LogP contribution in [0.2, 0.25) is 0 Å². The number of hydrogen-bond donors (Lipinski definition) is 3. The van der Waals surface area contributed by atoms with Gasteiger partial charge in [0.25, 0.3) is 0 Å². The number of carbonyl (C=O) groups excluding carboxylic acids is 2. The van der Waals surface area contributed by atoms with Crippen molar-refractivity contribution < 1.29 is 9.59 Å². The Hall–Kier alpha value is -1.69. The Bertz CT molecular complexity index is 404. The summed E-state index contributed by atoms with van der Waals surface area (Å²) in [5, 5.41) is 0. The topological polar surface area (TPSA) is 125 Å². The number of nitrogens with two attached hydrogens (primary N) is 3. The number of hydrogen-bond acceptors (Lipinski definition) is 4. The van der Waals surface area contributed by atoms with Crippen LogP contribution in [0.5, 0.6) is 0 Å². The van der Waals surface area contributed by atoms with E-state index in [9.17, 15) is 9.59 Å². The Morgan fingerprint density at radius 2 is 1.52 bits per heavy atom. The minimum atomic E-state index is -0.938. The summed E-state index contributed by atoms with van der Waals surface area (Å²) in [4.78, 5) is 26.1. The molecule has 0 fully saturated rings. The van der Waals surface area contributed by atoms with E-state index in [1.807, 2.05) is 12.2 Å². The minimum absolute atomic E-state index is 0.449. The molecule has 0 spiro atoms. The van der Waals surface area contributed by atoms with Crippen molar-refractivity contribution in [3.8, 4) is 0 Å². The van der Waals surface area contributed by atoms with Gasteiger partial charge in [0.2, 0.25) is 11.8 Å². The van der Waals surface area contributed by atoms with Crippen LogP contribution >= 0.6 is 0 Å². The normalized spacial score (nSPS) is 17.1. The molecule has 2 atom stereocenters. The van der Waals surface area contributed by atoms with Crippen LogP contribution < -0.4 is 17.2 Å². The van der Waals surface area contributed by atoms with Crippen molar-refractivity contribution >= 4 is 18.5 Å². The molecule has 2 amide bonds. The van der Waals surface area contributed by atoms with Gasteiger partial charge in [-0.3, -0.25) is 14.6 Å². The molecule has 0 unspecified atom stereocenters. The van der Waals surface area contributed by atoms with Crippen LogP contribution in [0.3, 0.4) is 0 Å². The smallest absolute Gasteiger partial charge is 0.245 e. The van der Waals surface area contributed by atoms with Gasteiger partial charge in [-0.25, -0.2) is 0 Å².